The summed E-state index contributed by atoms with van der Waals surface area (Å²) in [6, 6.07) is 8.57. The van der Waals surface area contributed by atoms with Crippen molar-refractivity contribution in [1.82, 2.24) is 4.90 Å². The van der Waals surface area contributed by atoms with Crippen LogP contribution in [0.3, 0.4) is 0 Å². The van der Waals surface area contributed by atoms with E-state index in [4.69, 9.17) is 30.2 Å². The summed E-state index contributed by atoms with van der Waals surface area (Å²) < 4.78 is -0.171. The minimum Gasteiger partial charge on any atom is -0.800 e. The van der Waals surface area contributed by atoms with E-state index in [9.17, 15) is 0 Å². The second-order valence-electron chi connectivity index (χ2n) is 5.29. The molecule has 21 heavy (non-hydrogen) atoms. The maximum absolute atomic E-state index is 5.11. The first-order valence-corrected chi connectivity index (χ1v) is 7.84. The average Bonchev–Trinajstić information content (AvgIpc) is 2.46. The molecule has 2 rings (SSSR count). The van der Waals surface area contributed by atoms with Gasteiger partial charge in [0.05, 0.1) is 6.54 Å². The fourth-order valence-corrected chi connectivity index (χ4v) is 2.68. The predicted octanol–water partition coefficient (Wildman–Crippen LogP) is 2.16. The molecule has 6 heteroatoms. The first-order chi connectivity index (χ1) is 9.56. The van der Waals surface area contributed by atoms with E-state index in [1.54, 1.807) is 0 Å². The molecule has 1 saturated heterocycles. The van der Waals surface area contributed by atoms with Gasteiger partial charge in [-0.25, -0.2) is 4.71 Å². The Labute approximate surface area is 154 Å². The Balaban J connectivity index is 0.00000220. The third kappa shape index (κ3) is 6.00. The minimum atomic E-state index is -0.171. The zero-order valence-corrected chi connectivity index (χ0v) is 16.2. The third-order valence-electron chi connectivity index (χ3n) is 3.61. The summed E-state index contributed by atoms with van der Waals surface area (Å²) in [5.41, 5.74) is 3.77. The number of hydrogen-bond donors (Lipinski definition) is 0. The van der Waals surface area contributed by atoms with Crippen LogP contribution in [0.5, 0.6) is 0 Å². The largest absolute Gasteiger partial charge is 0.800 e. The third-order valence-corrected chi connectivity index (χ3v) is 4.21. The molecule has 1 radical (unpaired) electrons. The van der Waals surface area contributed by atoms with Gasteiger partial charge in [-0.3, -0.25) is 4.99 Å². The van der Waals surface area contributed by atoms with Gasteiger partial charge >= 0.3 is 0 Å². The molecule has 0 N–H and O–H groups in total. The smallest absolute Gasteiger partial charge is 0.0639 e. The van der Waals surface area contributed by atoms with Crippen molar-refractivity contribution in [2.45, 2.75) is 24.1 Å². The van der Waals surface area contributed by atoms with Crippen LogP contribution in [-0.2, 0) is 54.2 Å². The van der Waals surface area contributed by atoms with Gasteiger partial charge in [0.15, 0.2) is 0 Å². The molecule has 0 saturated carbocycles. The molecule has 1 aliphatic rings. The Bertz CT molecular complexity index is 450. The minimum absolute atomic E-state index is 0. The van der Waals surface area contributed by atoms with Gasteiger partial charge in [0.25, 0.3) is 0 Å². The molecule has 1 aliphatic heterocycles. The fourth-order valence-electron chi connectivity index (χ4n) is 2.25. The van der Waals surface area contributed by atoms with E-state index in [-0.39, 0.29) is 27.1 Å². The Hall–Kier alpha value is 0.0903. The van der Waals surface area contributed by atoms with Crippen LogP contribution in [0.2, 0.25) is 0 Å². The van der Waals surface area contributed by atoms with Crippen LogP contribution in [0.15, 0.2) is 29.3 Å². The van der Waals surface area contributed by atoms with Crippen LogP contribution < -0.4 is 4.90 Å². The summed E-state index contributed by atoms with van der Waals surface area (Å²) in [6.45, 7) is 2.68. The maximum atomic E-state index is 5.11. The standard InChI is InChI=1S/C15H23N3S2.Au/c1-17(2)14-5-3-12(4-6-14)11-16-13-7-9-18(10-8-13)15(19)20;/h3-6,15,19-20H,7-11H2,1-2H3;/p-2. The van der Waals surface area contributed by atoms with Crippen LogP contribution in [-0.4, -0.2) is 42.5 Å². The van der Waals surface area contributed by atoms with E-state index >= 15 is 0 Å². The molecular formula is C15H21AuN3S2-2. The summed E-state index contributed by atoms with van der Waals surface area (Å²) in [5, 5.41) is 0. The maximum Gasteiger partial charge on any atom is 0.0639 e. The number of likely N-dealkylation sites (tertiary alicyclic amines) is 1. The van der Waals surface area contributed by atoms with Crippen molar-refractivity contribution >= 4 is 36.7 Å². The summed E-state index contributed by atoms with van der Waals surface area (Å²) in [5.74, 6) is 0. The van der Waals surface area contributed by atoms with Crippen molar-refractivity contribution in [2.75, 3.05) is 32.1 Å². The van der Waals surface area contributed by atoms with E-state index in [0.717, 1.165) is 32.5 Å². The molecule has 0 atom stereocenters. The van der Waals surface area contributed by atoms with E-state index in [2.05, 4.69) is 48.2 Å². The Morgan fingerprint density at radius 1 is 1.14 bits per heavy atom. The van der Waals surface area contributed by atoms with Gasteiger partial charge in [0.2, 0.25) is 0 Å². The molecule has 0 aromatic heterocycles. The van der Waals surface area contributed by atoms with Crippen LogP contribution >= 0.6 is 0 Å². The molecule has 121 valence electrons. The number of hydrogen-bond acceptors (Lipinski definition) is 5. The van der Waals surface area contributed by atoms with Crippen LogP contribution in [0.25, 0.3) is 0 Å². The summed E-state index contributed by atoms with van der Waals surface area (Å²) in [6.07, 6.45) is 2.00. The molecule has 0 aliphatic carbocycles. The molecule has 1 aromatic carbocycles. The second kappa shape index (κ2) is 9.28. The second-order valence-corrected chi connectivity index (χ2v) is 6.48. The van der Waals surface area contributed by atoms with E-state index < -0.39 is 0 Å². The quantitative estimate of drug-likeness (QED) is 0.462. The molecule has 1 fully saturated rings. The van der Waals surface area contributed by atoms with E-state index in [0.29, 0.717) is 0 Å². The molecule has 0 bridgehead atoms. The molecular weight excluding hydrogens is 483 g/mol. The van der Waals surface area contributed by atoms with Crippen LogP contribution in [0.1, 0.15) is 18.4 Å². The Morgan fingerprint density at radius 2 is 1.71 bits per heavy atom. The van der Waals surface area contributed by atoms with Gasteiger partial charge in [-0.1, -0.05) is 12.1 Å². The van der Waals surface area contributed by atoms with Crippen molar-refractivity contribution in [2.24, 2.45) is 4.99 Å². The molecule has 1 heterocycles. The van der Waals surface area contributed by atoms with Crippen molar-refractivity contribution in [3.63, 3.8) is 0 Å². The number of piperidine rings is 1. The summed E-state index contributed by atoms with van der Waals surface area (Å²) in [7, 11) is 4.10. The molecule has 0 amide bonds. The van der Waals surface area contributed by atoms with Gasteiger partial charge in [-0.15, -0.1) is 0 Å². The predicted molar refractivity (Wildman–Crippen MR) is 91.2 cm³/mol. The van der Waals surface area contributed by atoms with Crippen molar-refractivity contribution in [3.8, 4) is 0 Å². The first kappa shape index (κ1) is 19.1. The number of aliphatic imine (C=N–C) groups is 1. The number of benzene rings is 1. The van der Waals surface area contributed by atoms with Crippen LogP contribution in [0.4, 0.5) is 5.69 Å². The number of nitrogens with zero attached hydrogens (tertiary/aromatic N) is 3. The number of rotatable bonds is 4. The van der Waals surface area contributed by atoms with Crippen molar-refractivity contribution in [3.05, 3.63) is 29.8 Å². The van der Waals surface area contributed by atoms with Gasteiger partial charge in [-0.2, -0.15) is 0 Å². The van der Waals surface area contributed by atoms with E-state index in [1.807, 2.05) is 0 Å². The molecule has 0 spiro atoms. The zero-order valence-electron chi connectivity index (χ0n) is 12.4. The van der Waals surface area contributed by atoms with Gasteiger partial charge in [-0.05, 0) is 43.6 Å². The number of anilines is 1. The SMILES string of the molecule is CN(C)c1ccc(CN=C2CCN(C([S-])[S-])CC2)cc1.[Au]. The fraction of sp³-hybridized carbons (Fsp3) is 0.533. The topological polar surface area (TPSA) is 18.8 Å². The Kier molecular flexibility index (Phi) is 8.46. The first-order valence-electron chi connectivity index (χ1n) is 6.90. The van der Waals surface area contributed by atoms with Gasteiger partial charge in [0, 0.05) is 47.9 Å². The molecule has 3 nitrogen and oxygen atoms in total. The van der Waals surface area contributed by atoms with Gasteiger partial charge in [0.1, 0.15) is 0 Å². The van der Waals surface area contributed by atoms with Crippen molar-refractivity contribution < 1.29 is 22.4 Å². The van der Waals surface area contributed by atoms with E-state index in [1.165, 1.54) is 17.0 Å². The Morgan fingerprint density at radius 3 is 2.19 bits per heavy atom. The average molecular weight is 504 g/mol. The monoisotopic (exact) mass is 504 g/mol. The van der Waals surface area contributed by atoms with Crippen molar-refractivity contribution in [1.29, 1.82) is 0 Å². The van der Waals surface area contributed by atoms with Crippen LogP contribution in [0, 0.1) is 0 Å². The zero-order chi connectivity index (χ0) is 14.5. The van der Waals surface area contributed by atoms with Gasteiger partial charge < -0.3 is 35.1 Å². The molecule has 0 unspecified atom stereocenters. The summed E-state index contributed by atoms with van der Waals surface area (Å²) in [4.78, 5) is 8.99. The summed E-state index contributed by atoms with van der Waals surface area (Å²) >= 11 is 10.2. The molecule has 1 aromatic rings. The normalized spacial score (nSPS) is 15.8.